The molecule has 2 aromatic carbocycles. The zero-order valence-electron chi connectivity index (χ0n) is 19.0. The molecule has 0 amide bonds. The van der Waals surface area contributed by atoms with Gasteiger partial charge in [-0.3, -0.25) is 17.7 Å². The number of allylic oxidation sites excluding steroid dienone is 4. The van der Waals surface area contributed by atoms with Gasteiger partial charge in [0.1, 0.15) is 0 Å². The van der Waals surface area contributed by atoms with Crippen LogP contribution >= 0.6 is 0 Å². The minimum atomic E-state index is -3.67. The van der Waals surface area contributed by atoms with Crippen molar-refractivity contribution in [1.82, 2.24) is 0 Å². The van der Waals surface area contributed by atoms with Crippen LogP contribution < -0.4 is 4.70 Å². The van der Waals surface area contributed by atoms with E-state index in [4.69, 9.17) is 0 Å². The first-order valence-corrected chi connectivity index (χ1v) is 8.58. The fourth-order valence-corrected chi connectivity index (χ4v) is 2.18. The molecule has 0 spiro atoms. The number of aryl methyl sites for hydroxylation is 2. The Labute approximate surface area is 196 Å². The van der Waals surface area contributed by atoms with Gasteiger partial charge in [-0.1, -0.05) is 72.3 Å². The number of carbonyl (C=O) groups excluding carboxylic acids is 1. The van der Waals surface area contributed by atoms with Gasteiger partial charge in [0.15, 0.2) is 5.78 Å². The van der Waals surface area contributed by atoms with Gasteiger partial charge in [0, 0.05) is 5.56 Å². The first-order chi connectivity index (χ1) is 12.8. The number of rotatable bonds is 1. The van der Waals surface area contributed by atoms with Gasteiger partial charge in [-0.15, -0.1) is 0 Å². The molecular formula is C24H32BF4FeO. The average molecular weight is 479 g/mol. The maximum Gasteiger partial charge on any atom is 3.00 e. The van der Waals surface area contributed by atoms with Gasteiger partial charge in [-0.2, -0.15) is 0 Å². The first-order valence-electron chi connectivity index (χ1n) is 8.58. The van der Waals surface area contributed by atoms with Gasteiger partial charge in [-0.25, -0.2) is 0 Å². The Hall–Kier alpha value is -2.11. The number of ketones is 1. The van der Waals surface area contributed by atoms with Crippen molar-refractivity contribution >= 4 is 13.3 Å². The fourth-order valence-electron chi connectivity index (χ4n) is 2.18. The van der Waals surface area contributed by atoms with E-state index in [2.05, 4.69) is 30.4 Å². The maximum atomic E-state index is 11.2. The van der Waals surface area contributed by atoms with Crippen molar-refractivity contribution in [3.8, 4) is 0 Å². The Kier molecular flexibility index (Phi) is 30.7. The van der Waals surface area contributed by atoms with Crippen molar-refractivity contribution in [1.29, 1.82) is 0 Å². The fraction of sp³-hybridized carbons (Fsp3) is 0.208. The normalized spacial score (nSPS) is 9.13. The molecule has 31 heavy (non-hydrogen) atoms. The average Bonchev–Trinajstić information content (AvgIpc) is 3.19. The summed E-state index contributed by atoms with van der Waals surface area (Å²) in [4.78, 5) is 11.2. The third-order valence-electron chi connectivity index (χ3n) is 3.51. The minimum Gasteiger partial charge on any atom is -1.00 e. The molecule has 7 heteroatoms. The summed E-state index contributed by atoms with van der Waals surface area (Å²) >= 11 is 0. The van der Waals surface area contributed by atoms with Crippen molar-refractivity contribution < 1.29 is 39.5 Å². The number of hydrogen-bond acceptors (Lipinski definition) is 1. The van der Waals surface area contributed by atoms with E-state index in [1.54, 1.807) is 6.92 Å². The van der Waals surface area contributed by atoms with Crippen LogP contribution in [-0.4, -0.2) is 13.3 Å². The summed E-state index contributed by atoms with van der Waals surface area (Å²) in [6, 6.07) is 16.0. The van der Waals surface area contributed by atoms with Crippen molar-refractivity contribution in [2.45, 2.75) is 34.1 Å². The van der Waals surface area contributed by atoms with Crippen LogP contribution in [0.2, 0.25) is 0 Å². The number of Topliss-reactive ketones (excluding diaryl/α,β-unsaturated/α-hetero) is 1. The molecule has 0 saturated heterocycles. The van der Waals surface area contributed by atoms with Crippen LogP contribution in [0.4, 0.5) is 12.9 Å². The third kappa shape index (κ3) is 22.4. The summed E-state index contributed by atoms with van der Waals surface area (Å²) in [5.41, 5.74) is 4.31. The Morgan fingerprint density at radius 2 is 1.19 bits per heavy atom. The number of carbonyl (C=O) groups is 1. The van der Waals surface area contributed by atoms with Gasteiger partial charge in [-0.05, 0) is 51.3 Å². The molecule has 0 bridgehead atoms. The SMILES string of the molecule is C1=CCC=C1.CC(=O)c1cc(C)cc(C)c1C.FB(F)F.[CH3-].[CH3-].[F-].[Fe+3].c1ccccc1. The zero-order valence-corrected chi connectivity index (χ0v) is 20.1. The summed E-state index contributed by atoms with van der Waals surface area (Å²) in [5.74, 6) is 0.152. The molecule has 0 aliphatic heterocycles. The van der Waals surface area contributed by atoms with Gasteiger partial charge in [0.05, 0.1) is 0 Å². The monoisotopic (exact) mass is 479 g/mol. The van der Waals surface area contributed by atoms with Gasteiger partial charge in [0.25, 0.3) is 0 Å². The van der Waals surface area contributed by atoms with Crippen molar-refractivity contribution in [3.63, 3.8) is 0 Å². The maximum absolute atomic E-state index is 11.2. The molecule has 0 saturated carbocycles. The largest absolute Gasteiger partial charge is 3.00 e. The second kappa shape index (κ2) is 24.2. The topological polar surface area (TPSA) is 17.1 Å². The predicted molar refractivity (Wildman–Crippen MR) is 122 cm³/mol. The van der Waals surface area contributed by atoms with Crippen LogP contribution in [0, 0.1) is 35.6 Å². The molecule has 2 aromatic rings. The quantitative estimate of drug-likeness (QED) is 0.249. The van der Waals surface area contributed by atoms with E-state index in [-0.39, 0.29) is 42.4 Å². The zero-order chi connectivity index (χ0) is 20.7. The second-order valence-electron chi connectivity index (χ2n) is 5.80. The Morgan fingerprint density at radius 1 is 0.839 bits per heavy atom. The molecule has 0 aromatic heterocycles. The van der Waals surface area contributed by atoms with Gasteiger partial charge >= 0.3 is 24.6 Å². The second-order valence-corrected chi connectivity index (χ2v) is 5.80. The van der Waals surface area contributed by atoms with Gasteiger partial charge < -0.3 is 19.6 Å². The summed E-state index contributed by atoms with van der Waals surface area (Å²) in [6.07, 6.45) is 9.50. The van der Waals surface area contributed by atoms with E-state index in [0.717, 1.165) is 23.1 Å². The molecule has 173 valence electrons. The standard InChI is InChI=1S/C11H14O.C6H6.C5H6.2CH3.BF3.FH.Fe/c1-7-5-8(2)9(3)11(6-7)10(4)12;1-2-4-6-5-3-1;1-2-4-5-3-1;;;2-1(3)4;;/h5-6H,1-4H3;1-6H;1-4H,5H2;2*1H3;;1H;/q;;;2*-1;;;+3/p-1. The Balaban J connectivity index is -0.000000102. The molecular weight excluding hydrogens is 447 g/mol. The number of halogens is 4. The molecule has 0 fully saturated rings. The predicted octanol–water partition coefficient (Wildman–Crippen LogP) is 4.79. The van der Waals surface area contributed by atoms with Crippen molar-refractivity contribution in [3.05, 3.63) is 110 Å². The van der Waals surface area contributed by atoms with E-state index in [9.17, 15) is 17.7 Å². The van der Waals surface area contributed by atoms with Crippen LogP contribution in [0.25, 0.3) is 0 Å². The minimum absolute atomic E-state index is 0. The summed E-state index contributed by atoms with van der Waals surface area (Å²) in [6.45, 7) is 7.65. The van der Waals surface area contributed by atoms with Gasteiger partial charge in [0.2, 0.25) is 0 Å². The van der Waals surface area contributed by atoms with E-state index in [1.807, 2.05) is 63.2 Å². The Morgan fingerprint density at radius 3 is 1.45 bits per heavy atom. The Bertz CT molecular complexity index is 696. The van der Waals surface area contributed by atoms with Crippen molar-refractivity contribution in [2.24, 2.45) is 0 Å². The molecule has 0 atom stereocenters. The van der Waals surface area contributed by atoms with Crippen LogP contribution in [0.5, 0.6) is 0 Å². The van der Waals surface area contributed by atoms with Crippen LogP contribution in [0.15, 0.2) is 72.8 Å². The first kappa shape index (κ1) is 39.4. The van der Waals surface area contributed by atoms with E-state index >= 15 is 0 Å². The summed E-state index contributed by atoms with van der Waals surface area (Å²) in [5, 5.41) is 0. The number of hydrogen-bond donors (Lipinski definition) is 0. The smallest absolute Gasteiger partial charge is 1.00 e. The van der Waals surface area contributed by atoms with E-state index < -0.39 is 7.54 Å². The molecule has 3 rings (SSSR count). The van der Waals surface area contributed by atoms with E-state index in [0.29, 0.717) is 0 Å². The van der Waals surface area contributed by atoms with Crippen LogP contribution in [0.3, 0.4) is 0 Å². The molecule has 0 heterocycles. The van der Waals surface area contributed by atoms with Crippen LogP contribution in [-0.2, 0) is 17.1 Å². The summed E-state index contributed by atoms with van der Waals surface area (Å²) in [7, 11) is -3.67. The van der Waals surface area contributed by atoms with E-state index in [1.165, 1.54) is 5.56 Å². The molecule has 0 N–H and O–H groups in total. The molecule has 1 radical (unpaired) electrons. The molecule has 1 aliphatic carbocycles. The third-order valence-corrected chi connectivity index (χ3v) is 3.51. The summed E-state index contributed by atoms with van der Waals surface area (Å²) < 4.78 is 29.0. The molecule has 1 aliphatic rings. The van der Waals surface area contributed by atoms with Crippen molar-refractivity contribution in [2.75, 3.05) is 0 Å². The molecule has 0 unspecified atom stereocenters. The molecule has 1 nitrogen and oxygen atoms in total. The number of benzene rings is 2. The van der Waals surface area contributed by atoms with Crippen LogP contribution in [0.1, 0.15) is 40.4 Å².